The molecule has 54 valence electrons. The summed E-state index contributed by atoms with van der Waals surface area (Å²) in [5.74, 6) is -0.947. The molecule has 0 radical (unpaired) electrons. The van der Waals surface area contributed by atoms with Crippen molar-refractivity contribution in [3.05, 3.63) is 23.6 Å². The molecule has 0 aliphatic heterocycles. The fourth-order valence-corrected chi connectivity index (χ4v) is 0.889. The average molecular weight is 142 g/mol. The second kappa shape index (κ2) is 2.64. The summed E-state index contributed by atoms with van der Waals surface area (Å²) >= 11 is 0. The molecule has 1 aliphatic rings. The van der Waals surface area contributed by atoms with Crippen molar-refractivity contribution in [2.75, 3.05) is 0 Å². The van der Waals surface area contributed by atoms with E-state index in [4.69, 9.17) is 5.11 Å². The molecular formula is C7H7FO2. The summed E-state index contributed by atoms with van der Waals surface area (Å²) in [4.78, 5) is 10.2. The average Bonchev–Trinajstić information content (AvgIpc) is 2.34. The highest BCUT2D eigenvalue weighted by molar-refractivity contribution is 5.88. The lowest BCUT2D eigenvalue weighted by Crippen LogP contribution is -1.96. The summed E-state index contributed by atoms with van der Waals surface area (Å²) in [6.07, 6.45) is 2.71. The van der Waals surface area contributed by atoms with Crippen molar-refractivity contribution in [1.29, 1.82) is 0 Å². The minimum Gasteiger partial charge on any atom is -0.478 e. The Labute approximate surface area is 57.7 Å². The predicted octanol–water partition coefficient (Wildman–Crippen LogP) is 1.64. The quantitative estimate of drug-likeness (QED) is 0.604. The summed E-state index contributed by atoms with van der Waals surface area (Å²) < 4.78 is 11.7. The Morgan fingerprint density at radius 1 is 1.80 bits per heavy atom. The van der Waals surface area contributed by atoms with Crippen LogP contribution < -0.4 is 0 Å². The van der Waals surface area contributed by atoms with Crippen molar-refractivity contribution in [2.24, 2.45) is 0 Å². The fraction of sp³-hybridized carbons (Fsp3) is 0.286. The van der Waals surface area contributed by atoms with Crippen LogP contribution in [0.25, 0.3) is 0 Å². The van der Waals surface area contributed by atoms with Crippen LogP contribution in [0.1, 0.15) is 12.8 Å². The van der Waals surface area contributed by atoms with E-state index in [2.05, 4.69) is 0 Å². The number of hydrogen-bond acceptors (Lipinski definition) is 1. The third kappa shape index (κ3) is 1.23. The van der Waals surface area contributed by atoms with E-state index >= 15 is 0 Å². The van der Waals surface area contributed by atoms with Crippen LogP contribution in [0.5, 0.6) is 0 Å². The minimum absolute atomic E-state index is 0.256. The molecule has 0 atom stereocenters. The molecule has 0 heterocycles. The molecule has 0 amide bonds. The lowest BCUT2D eigenvalue weighted by Gasteiger charge is -1.90. The smallest absolute Gasteiger partial charge is 0.331 e. The molecule has 0 saturated carbocycles. The van der Waals surface area contributed by atoms with Gasteiger partial charge in [0.15, 0.2) is 0 Å². The summed E-state index contributed by atoms with van der Waals surface area (Å²) in [6, 6.07) is 0. The normalized spacial score (nSPS) is 21.3. The Morgan fingerprint density at radius 3 is 2.80 bits per heavy atom. The van der Waals surface area contributed by atoms with Crippen LogP contribution in [0, 0.1) is 0 Å². The molecule has 0 aromatic carbocycles. The van der Waals surface area contributed by atoms with Gasteiger partial charge in [-0.15, -0.1) is 0 Å². The van der Waals surface area contributed by atoms with E-state index in [0.717, 1.165) is 0 Å². The van der Waals surface area contributed by atoms with Gasteiger partial charge in [-0.05, 0) is 12.0 Å². The maximum atomic E-state index is 11.7. The van der Waals surface area contributed by atoms with Gasteiger partial charge in [-0.1, -0.05) is 6.08 Å². The Morgan fingerprint density at radius 2 is 2.50 bits per heavy atom. The van der Waals surface area contributed by atoms with Gasteiger partial charge in [0.05, 0.1) is 6.33 Å². The molecule has 0 fully saturated rings. The molecule has 0 saturated heterocycles. The van der Waals surface area contributed by atoms with Gasteiger partial charge in [0.1, 0.15) is 0 Å². The van der Waals surface area contributed by atoms with Crippen molar-refractivity contribution in [1.82, 2.24) is 0 Å². The Bertz CT molecular complexity index is 216. The Balaban J connectivity index is 2.64. The van der Waals surface area contributed by atoms with Gasteiger partial charge in [0, 0.05) is 12.0 Å². The van der Waals surface area contributed by atoms with Crippen LogP contribution in [0.15, 0.2) is 23.6 Å². The number of rotatable bonds is 1. The zero-order chi connectivity index (χ0) is 7.56. The second-order valence-corrected chi connectivity index (χ2v) is 2.18. The summed E-state index contributed by atoms with van der Waals surface area (Å²) in [5.41, 5.74) is 0.835. The molecule has 10 heavy (non-hydrogen) atoms. The van der Waals surface area contributed by atoms with Crippen molar-refractivity contribution in [3.8, 4) is 0 Å². The first kappa shape index (κ1) is 6.99. The highest BCUT2D eigenvalue weighted by Crippen LogP contribution is 2.23. The van der Waals surface area contributed by atoms with Crippen LogP contribution in [0.2, 0.25) is 0 Å². The van der Waals surface area contributed by atoms with E-state index in [1.165, 1.54) is 6.08 Å². The lowest BCUT2D eigenvalue weighted by atomic mass is 10.2. The Kier molecular flexibility index (Phi) is 1.85. The van der Waals surface area contributed by atoms with Gasteiger partial charge in [0.2, 0.25) is 0 Å². The molecule has 2 nitrogen and oxygen atoms in total. The maximum absolute atomic E-state index is 11.7. The highest BCUT2D eigenvalue weighted by Gasteiger charge is 2.15. The van der Waals surface area contributed by atoms with E-state index in [0.29, 0.717) is 23.9 Å². The van der Waals surface area contributed by atoms with Crippen LogP contribution in [-0.4, -0.2) is 11.1 Å². The monoisotopic (exact) mass is 142 g/mol. The number of hydrogen-bond donors (Lipinski definition) is 1. The third-order valence-electron chi connectivity index (χ3n) is 1.46. The topological polar surface area (TPSA) is 37.3 Å². The predicted molar refractivity (Wildman–Crippen MR) is 34.1 cm³/mol. The molecule has 0 aromatic heterocycles. The van der Waals surface area contributed by atoms with E-state index in [-0.39, 0.29) is 6.42 Å². The third-order valence-corrected chi connectivity index (χ3v) is 1.46. The zero-order valence-corrected chi connectivity index (χ0v) is 5.30. The standard InChI is InChI=1S/C7H7FO2/c8-4-5-1-2-6(3-5)7(9)10/h2,4H,1,3H2,(H,9,10)/b5-4-. The summed E-state index contributed by atoms with van der Waals surface area (Å²) in [5, 5.41) is 8.41. The molecule has 1 aliphatic carbocycles. The van der Waals surface area contributed by atoms with Crippen LogP contribution >= 0.6 is 0 Å². The number of halogens is 1. The number of carbonyl (C=O) groups is 1. The minimum atomic E-state index is -0.947. The summed E-state index contributed by atoms with van der Waals surface area (Å²) in [7, 11) is 0. The van der Waals surface area contributed by atoms with Gasteiger partial charge in [0.25, 0.3) is 0 Å². The first-order valence-corrected chi connectivity index (χ1v) is 2.94. The Hall–Kier alpha value is -1.12. The number of carboxylic acid groups (broad SMARTS) is 1. The van der Waals surface area contributed by atoms with Gasteiger partial charge in [-0.25, -0.2) is 9.18 Å². The highest BCUT2D eigenvalue weighted by atomic mass is 19.1. The van der Waals surface area contributed by atoms with Gasteiger partial charge in [-0.2, -0.15) is 0 Å². The molecular weight excluding hydrogens is 135 g/mol. The molecule has 0 spiro atoms. The van der Waals surface area contributed by atoms with Crippen molar-refractivity contribution < 1.29 is 14.3 Å². The number of allylic oxidation sites excluding steroid dienone is 2. The first-order valence-electron chi connectivity index (χ1n) is 2.94. The van der Waals surface area contributed by atoms with E-state index < -0.39 is 5.97 Å². The molecule has 0 aromatic rings. The molecule has 3 heteroatoms. The lowest BCUT2D eigenvalue weighted by molar-refractivity contribution is -0.132. The van der Waals surface area contributed by atoms with E-state index in [1.54, 1.807) is 0 Å². The maximum Gasteiger partial charge on any atom is 0.331 e. The molecule has 0 unspecified atom stereocenters. The van der Waals surface area contributed by atoms with Crippen LogP contribution in [0.3, 0.4) is 0 Å². The SMILES string of the molecule is O=C(O)C1=CC/C(=C/F)C1. The van der Waals surface area contributed by atoms with Crippen LogP contribution in [-0.2, 0) is 4.79 Å². The largest absolute Gasteiger partial charge is 0.478 e. The molecule has 1 N–H and O–H groups in total. The van der Waals surface area contributed by atoms with Gasteiger partial charge in [-0.3, -0.25) is 0 Å². The molecule has 0 bridgehead atoms. The van der Waals surface area contributed by atoms with Gasteiger partial charge >= 0.3 is 5.97 Å². The number of carboxylic acids is 1. The van der Waals surface area contributed by atoms with Crippen LogP contribution in [0.4, 0.5) is 4.39 Å². The van der Waals surface area contributed by atoms with Crippen molar-refractivity contribution in [2.45, 2.75) is 12.8 Å². The second-order valence-electron chi connectivity index (χ2n) is 2.18. The number of aliphatic carboxylic acids is 1. The first-order chi connectivity index (χ1) is 4.74. The summed E-state index contributed by atoms with van der Waals surface area (Å²) in [6.45, 7) is 0. The van der Waals surface area contributed by atoms with Crippen molar-refractivity contribution >= 4 is 5.97 Å². The zero-order valence-electron chi connectivity index (χ0n) is 5.30. The van der Waals surface area contributed by atoms with Crippen molar-refractivity contribution in [3.63, 3.8) is 0 Å². The van der Waals surface area contributed by atoms with Gasteiger partial charge < -0.3 is 5.11 Å². The molecule has 1 rings (SSSR count). The van der Waals surface area contributed by atoms with E-state index in [9.17, 15) is 9.18 Å². The van der Waals surface area contributed by atoms with E-state index in [1.807, 2.05) is 0 Å². The fourth-order valence-electron chi connectivity index (χ4n) is 0.889.